The number of amides is 2. The zero-order valence-corrected chi connectivity index (χ0v) is 15.4. The summed E-state index contributed by atoms with van der Waals surface area (Å²) in [5.74, 6) is 0.551. The molecule has 0 aliphatic rings. The maximum absolute atomic E-state index is 12.0. The van der Waals surface area contributed by atoms with E-state index in [4.69, 9.17) is 5.11 Å². The van der Waals surface area contributed by atoms with Crippen molar-refractivity contribution in [1.82, 2.24) is 14.9 Å². The fourth-order valence-electron chi connectivity index (χ4n) is 2.55. The molecular formula is C20H19N5O3. The molecule has 3 rings (SSSR count). The van der Waals surface area contributed by atoms with E-state index in [9.17, 15) is 9.59 Å². The van der Waals surface area contributed by atoms with Gasteiger partial charge in [0.05, 0.1) is 23.8 Å². The number of pyridine rings is 2. The first-order valence-corrected chi connectivity index (χ1v) is 8.42. The third-order valence-corrected chi connectivity index (χ3v) is 3.90. The lowest BCUT2D eigenvalue weighted by Gasteiger charge is -2.11. The second-order valence-electron chi connectivity index (χ2n) is 6.23. The van der Waals surface area contributed by atoms with Gasteiger partial charge < -0.3 is 15.3 Å². The van der Waals surface area contributed by atoms with Crippen LogP contribution in [-0.4, -0.2) is 46.1 Å². The highest BCUT2D eigenvalue weighted by molar-refractivity contribution is 5.94. The van der Waals surface area contributed by atoms with Crippen LogP contribution in [0.25, 0.3) is 11.1 Å². The fraction of sp³-hybridized carbons (Fsp3) is 0.100. The van der Waals surface area contributed by atoms with Crippen LogP contribution in [0, 0.1) is 0 Å². The van der Waals surface area contributed by atoms with Crippen molar-refractivity contribution in [2.45, 2.75) is 0 Å². The van der Waals surface area contributed by atoms with Crippen LogP contribution < -0.4 is 10.6 Å². The van der Waals surface area contributed by atoms with Gasteiger partial charge in [0, 0.05) is 31.4 Å². The SMILES string of the molecule is CN(C)C(=O)c1ccc(-c2ccc(Nc3cncc(NC(=O)O)c3)nc2)cc1. The minimum Gasteiger partial charge on any atom is -0.465 e. The molecule has 0 aliphatic heterocycles. The highest BCUT2D eigenvalue weighted by Gasteiger charge is 2.08. The topological polar surface area (TPSA) is 107 Å². The number of nitrogens with one attached hydrogen (secondary N) is 2. The first kappa shape index (κ1) is 18.8. The molecule has 28 heavy (non-hydrogen) atoms. The zero-order valence-electron chi connectivity index (χ0n) is 15.4. The quantitative estimate of drug-likeness (QED) is 0.626. The molecule has 3 aromatic rings. The number of carbonyl (C=O) groups excluding carboxylic acids is 1. The molecule has 0 aliphatic carbocycles. The van der Waals surface area contributed by atoms with Crippen molar-refractivity contribution in [2.24, 2.45) is 0 Å². The summed E-state index contributed by atoms with van der Waals surface area (Å²) < 4.78 is 0. The molecule has 8 heteroatoms. The summed E-state index contributed by atoms with van der Waals surface area (Å²) in [5, 5.41) is 14.1. The molecule has 2 heterocycles. The van der Waals surface area contributed by atoms with E-state index in [1.54, 1.807) is 44.7 Å². The molecule has 0 saturated heterocycles. The number of carbonyl (C=O) groups is 2. The van der Waals surface area contributed by atoms with Crippen molar-refractivity contribution in [3.8, 4) is 11.1 Å². The van der Waals surface area contributed by atoms with Crippen LogP contribution in [-0.2, 0) is 0 Å². The highest BCUT2D eigenvalue weighted by Crippen LogP contribution is 2.22. The molecule has 2 amide bonds. The number of rotatable bonds is 5. The van der Waals surface area contributed by atoms with Gasteiger partial charge in [0.15, 0.2) is 0 Å². The van der Waals surface area contributed by atoms with Gasteiger partial charge in [0.2, 0.25) is 0 Å². The van der Waals surface area contributed by atoms with Gasteiger partial charge >= 0.3 is 6.09 Å². The second-order valence-corrected chi connectivity index (χ2v) is 6.23. The third-order valence-electron chi connectivity index (χ3n) is 3.90. The molecule has 8 nitrogen and oxygen atoms in total. The summed E-state index contributed by atoms with van der Waals surface area (Å²) in [6.45, 7) is 0. The van der Waals surface area contributed by atoms with E-state index in [0.29, 0.717) is 22.8 Å². The molecule has 0 fully saturated rings. The van der Waals surface area contributed by atoms with E-state index >= 15 is 0 Å². The van der Waals surface area contributed by atoms with Gasteiger partial charge in [-0.3, -0.25) is 15.1 Å². The Hall–Kier alpha value is -3.94. The van der Waals surface area contributed by atoms with E-state index in [2.05, 4.69) is 20.6 Å². The summed E-state index contributed by atoms with van der Waals surface area (Å²) in [4.78, 5) is 32.6. The first-order chi connectivity index (χ1) is 13.4. The van der Waals surface area contributed by atoms with E-state index < -0.39 is 6.09 Å². The Morgan fingerprint density at radius 2 is 1.61 bits per heavy atom. The average Bonchev–Trinajstić information content (AvgIpc) is 2.68. The lowest BCUT2D eigenvalue weighted by atomic mass is 10.1. The van der Waals surface area contributed by atoms with Gasteiger partial charge in [0.25, 0.3) is 5.91 Å². The standard InChI is InChI=1S/C20H19N5O3/c1-25(2)19(26)14-5-3-13(4-6-14)15-7-8-18(22-10-15)23-16-9-17(12-21-11-16)24-20(27)28/h3-12,24H,1-2H3,(H,22,23)(H,27,28). The molecule has 0 spiro atoms. The Morgan fingerprint density at radius 3 is 2.21 bits per heavy atom. The van der Waals surface area contributed by atoms with Crippen LogP contribution in [0.5, 0.6) is 0 Å². The lowest BCUT2D eigenvalue weighted by Crippen LogP contribution is -2.21. The van der Waals surface area contributed by atoms with Crippen molar-refractivity contribution in [2.75, 3.05) is 24.7 Å². The number of carboxylic acid groups (broad SMARTS) is 1. The highest BCUT2D eigenvalue weighted by atomic mass is 16.4. The molecule has 3 N–H and O–H groups in total. The van der Waals surface area contributed by atoms with Crippen molar-refractivity contribution in [3.05, 3.63) is 66.6 Å². The normalized spacial score (nSPS) is 10.2. The number of nitrogens with zero attached hydrogens (tertiary/aromatic N) is 3. The minimum atomic E-state index is -1.15. The van der Waals surface area contributed by atoms with E-state index in [-0.39, 0.29) is 5.91 Å². The monoisotopic (exact) mass is 377 g/mol. The Bertz CT molecular complexity index is 985. The lowest BCUT2D eigenvalue weighted by molar-refractivity contribution is 0.0827. The van der Waals surface area contributed by atoms with E-state index in [0.717, 1.165) is 11.1 Å². The summed E-state index contributed by atoms with van der Waals surface area (Å²) in [7, 11) is 3.43. The maximum Gasteiger partial charge on any atom is 0.409 e. The molecule has 0 unspecified atom stereocenters. The van der Waals surface area contributed by atoms with Crippen molar-refractivity contribution in [3.63, 3.8) is 0 Å². The molecule has 1 aromatic carbocycles. The van der Waals surface area contributed by atoms with Crippen molar-refractivity contribution < 1.29 is 14.7 Å². The summed E-state index contributed by atoms with van der Waals surface area (Å²) >= 11 is 0. The molecule has 0 radical (unpaired) electrons. The Balaban J connectivity index is 1.71. The fourth-order valence-corrected chi connectivity index (χ4v) is 2.55. The van der Waals surface area contributed by atoms with Crippen LogP contribution >= 0.6 is 0 Å². The minimum absolute atomic E-state index is 0.0440. The van der Waals surface area contributed by atoms with Gasteiger partial charge in [-0.2, -0.15) is 0 Å². The number of hydrogen-bond donors (Lipinski definition) is 3. The molecule has 2 aromatic heterocycles. The van der Waals surface area contributed by atoms with Crippen molar-refractivity contribution in [1.29, 1.82) is 0 Å². The summed E-state index contributed by atoms with van der Waals surface area (Å²) in [5.41, 5.74) is 3.46. The Labute approximate surface area is 161 Å². The molecule has 0 bridgehead atoms. The van der Waals surface area contributed by atoms with Gasteiger partial charge in [-0.05, 0) is 35.9 Å². The molecule has 0 atom stereocenters. The summed E-state index contributed by atoms with van der Waals surface area (Å²) in [6.07, 6.45) is 3.56. The van der Waals surface area contributed by atoms with Crippen LogP contribution in [0.1, 0.15) is 10.4 Å². The average molecular weight is 377 g/mol. The van der Waals surface area contributed by atoms with Crippen LogP contribution in [0.3, 0.4) is 0 Å². The molecule has 0 saturated carbocycles. The number of hydrogen-bond acceptors (Lipinski definition) is 5. The number of benzene rings is 1. The van der Waals surface area contributed by atoms with Crippen molar-refractivity contribution >= 4 is 29.2 Å². The maximum atomic E-state index is 12.0. The molecular weight excluding hydrogens is 358 g/mol. The van der Waals surface area contributed by atoms with Gasteiger partial charge in [-0.25, -0.2) is 9.78 Å². The van der Waals surface area contributed by atoms with E-state index in [1.165, 1.54) is 11.1 Å². The first-order valence-electron chi connectivity index (χ1n) is 8.42. The van der Waals surface area contributed by atoms with Gasteiger partial charge in [0.1, 0.15) is 5.82 Å². The summed E-state index contributed by atoms with van der Waals surface area (Å²) in [6, 6.07) is 12.7. The smallest absolute Gasteiger partial charge is 0.409 e. The van der Waals surface area contributed by atoms with Gasteiger partial charge in [-0.15, -0.1) is 0 Å². The Morgan fingerprint density at radius 1 is 0.929 bits per heavy atom. The van der Waals surface area contributed by atoms with Crippen LogP contribution in [0.2, 0.25) is 0 Å². The second kappa shape index (κ2) is 8.17. The zero-order chi connectivity index (χ0) is 20.1. The number of aromatic nitrogens is 2. The number of anilines is 3. The van der Waals surface area contributed by atoms with Crippen LogP contribution in [0.15, 0.2) is 61.1 Å². The predicted molar refractivity (Wildman–Crippen MR) is 107 cm³/mol. The largest absolute Gasteiger partial charge is 0.465 e. The Kier molecular flexibility index (Phi) is 5.50. The third kappa shape index (κ3) is 4.61. The predicted octanol–water partition coefficient (Wildman–Crippen LogP) is 3.68. The van der Waals surface area contributed by atoms with E-state index in [1.807, 2.05) is 24.3 Å². The van der Waals surface area contributed by atoms with Crippen LogP contribution in [0.4, 0.5) is 22.0 Å². The molecule has 142 valence electrons. The van der Waals surface area contributed by atoms with Gasteiger partial charge in [-0.1, -0.05) is 12.1 Å².